The number of hydrogen-bond acceptors (Lipinski definition) is 8. The number of benzene rings is 3. The number of nitrogens with zero attached hydrogens (tertiary/aromatic N) is 7. The molecule has 0 spiro atoms. The number of aromatic nitrogens is 4. The van der Waals surface area contributed by atoms with Gasteiger partial charge < -0.3 is 10.6 Å². The summed E-state index contributed by atoms with van der Waals surface area (Å²) >= 11 is 6.83. The van der Waals surface area contributed by atoms with Gasteiger partial charge in [0, 0.05) is 23.7 Å². The van der Waals surface area contributed by atoms with Crippen LogP contribution in [0.3, 0.4) is 0 Å². The highest BCUT2D eigenvalue weighted by Gasteiger charge is 2.28. The minimum atomic E-state index is -1.64. The monoisotopic (exact) mass is 598 g/mol. The molecular formula is C34H28ClN9. The highest BCUT2D eigenvalue weighted by Crippen LogP contribution is 2.39. The molecule has 0 aliphatic heterocycles. The molecule has 2 aromatic heterocycles. The van der Waals surface area contributed by atoms with Crippen LogP contribution in [0.4, 0.5) is 11.4 Å². The van der Waals surface area contributed by atoms with Gasteiger partial charge in [-0.05, 0) is 61.1 Å². The number of fused-ring (bicyclic) bond motifs is 1. The van der Waals surface area contributed by atoms with Gasteiger partial charge in [-0.2, -0.15) is 15.8 Å². The molecule has 1 aliphatic rings. The smallest absolute Gasteiger partial charge is 0.109 e. The molecule has 216 valence electrons. The lowest BCUT2D eigenvalue weighted by Crippen LogP contribution is -2.15. The number of anilines is 2. The van der Waals surface area contributed by atoms with Gasteiger partial charge in [0.15, 0.2) is 0 Å². The molecule has 1 aliphatic carbocycles. The van der Waals surface area contributed by atoms with E-state index in [1.807, 2.05) is 43.3 Å². The van der Waals surface area contributed by atoms with Crippen LogP contribution in [-0.4, -0.2) is 20.0 Å². The molecule has 0 unspecified atom stereocenters. The molecule has 2 N–H and O–H groups in total. The van der Waals surface area contributed by atoms with Gasteiger partial charge in [0.2, 0.25) is 0 Å². The number of halogens is 1. The summed E-state index contributed by atoms with van der Waals surface area (Å²) in [6, 6.07) is 23.5. The Morgan fingerprint density at radius 1 is 1.05 bits per heavy atom. The van der Waals surface area contributed by atoms with Gasteiger partial charge in [-0.3, -0.25) is 4.98 Å². The minimum absolute atomic E-state index is 0.261. The lowest BCUT2D eigenvalue weighted by Gasteiger charge is -2.23. The van der Waals surface area contributed by atoms with Gasteiger partial charge in [0.1, 0.15) is 11.8 Å². The van der Waals surface area contributed by atoms with Gasteiger partial charge >= 0.3 is 0 Å². The summed E-state index contributed by atoms with van der Waals surface area (Å²) < 4.78 is 11.6. The normalized spacial score (nSPS) is 14.8. The van der Waals surface area contributed by atoms with Crippen LogP contribution in [0.25, 0.3) is 10.9 Å². The molecule has 44 heavy (non-hydrogen) atoms. The summed E-state index contributed by atoms with van der Waals surface area (Å²) in [5.74, 6) is 0. The molecule has 0 radical (unpaired) electrons. The number of nitrogens with one attached hydrogen (secondary N) is 2. The van der Waals surface area contributed by atoms with E-state index in [2.05, 4.69) is 44.1 Å². The Hall–Kier alpha value is -5.43. The summed E-state index contributed by atoms with van der Waals surface area (Å²) in [4.78, 5) is 4.49. The van der Waals surface area contributed by atoms with E-state index >= 15 is 0 Å². The molecule has 3 aromatic carbocycles. The van der Waals surface area contributed by atoms with Crippen LogP contribution in [-0.2, 0) is 0 Å². The number of nitriles is 3. The van der Waals surface area contributed by atoms with Crippen LogP contribution in [0.2, 0.25) is 5.02 Å². The zero-order valence-electron chi connectivity index (χ0n) is 24.9. The molecule has 0 saturated heterocycles. The van der Waals surface area contributed by atoms with Crippen LogP contribution in [0, 0.1) is 40.9 Å². The van der Waals surface area contributed by atoms with Crippen molar-refractivity contribution in [2.24, 2.45) is 0 Å². The summed E-state index contributed by atoms with van der Waals surface area (Å²) in [7, 11) is 0. The lowest BCUT2D eigenvalue weighted by atomic mass is 9.95. The van der Waals surface area contributed by atoms with Crippen LogP contribution in [0.1, 0.15) is 78.7 Å². The van der Waals surface area contributed by atoms with Gasteiger partial charge in [-0.1, -0.05) is 59.3 Å². The van der Waals surface area contributed by atoms with Crippen molar-refractivity contribution in [1.29, 1.82) is 15.8 Å². The number of rotatable bonds is 10. The molecule has 10 heteroatoms. The van der Waals surface area contributed by atoms with Crippen LogP contribution < -0.4 is 10.6 Å². The Bertz CT molecular complexity index is 2020. The van der Waals surface area contributed by atoms with E-state index in [0.29, 0.717) is 68.1 Å². The molecule has 5 aromatic rings. The zero-order chi connectivity index (χ0) is 31.6. The van der Waals surface area contributed by atoms with E-state index < -0.39 is 6.02 Å². The zero-order valence-corrected chi connectivity index (χ0v) is 24.7. The quantitative estimate of drug-likeness (QED) is 0.168. The fraction of sp³-hybridized carbons (Fsp3) is 0.235. The summed E-state index contributed by atoms with van der Waals surface area (Å²) in [5.41, 5.74) is 4.79. The SMILES string of the molecule is [2H][C@@](Nc1cc(Cl)c2ncc(C#N)c(N[C@H](CCC#N)c3ccccc3)c2c1)(c1cn(C2CC2)nn1)c1cccc(C#N)c1C. The van der Waals surface area contributed by atoms with Crippen molar-refractivity contribution in [3.05, 3.63) is 112 Å². The van der Waals surface area contributed by atoms with Crippen molar-refractivity contribution in [3.63, 3.8) is 0 Å². The molecule has 9 nitrogen and oxygen atoms in total. The fourth-order valence-electron chi connectivity index (χ4n) is 5.31. The van der Waals surface area contributed by atoms with E-state index in [1.165, 1.54) is 6.20 Å². The molecule has 1 saturated carbocycles. The highest BCUT2D eigenvalue weighted by atomic mass is 35.5. The summed E-state index contributed by atoms with van der Waals surface area (Å²) in [5, 5.41) is 45.7. The van der Waals surface area contributed by atoms with E-state index in [-0.39, 0.29) is 12.1 Å². The topological polar surface area (TPSA) is 139 Å². The second-order valence-electron chi connectivity index (χ2n) is 10.7. The van der Waals surface area contributed by atoms with Crippen LogP contribution in [0.5, 0.6) is 0 Å². The Morgan fingerprint density at radius 2 is 1.84 bits per heavy atom. The lowest BCUT2D eigenvalue weighted by molar-refractivity contribution is 0.610. The first kappa shape index (κ1) is 27.4. The van der Waals surface area contributed by atoms with Crippen molar-refractivity contribution < 1.29 is 1.37 Å². The van der Waals surface area contributed by atoms with Crippen molar-refractivity contribution in [2.45, 2.75) is 50.7 Å². The third-order valence-corrected chi connectivity index (χ3v) is 8.08. The van der Waals surface area contributed by atoms with Gasteiger partial charge in [-0.15, -0.1) is 5.10 Å². The maximum atomic E-state index is 10.1. The van der Waals surface area contributed by atoms with Crippen LogP contribution >= 0.6 is 11.6 Å². The second-order valence-corrected chi connectivity index (χ2v) is 11.1. The standard InChI is InChI=1S/C34H28ClN9/c1-21-23(17-37)9-5-10-27(21)34(31-20-44(43-42-31)26-12-13-26)40-25-15-28-32(24(18-38)19-39-33(28)29(35)16-25)41-30(11-6-14-36)22-7-3-2-4-8-22/h2-5,7-10,15-16,19-20,26,30,34,40H,6,11-13H2,1H3,(H,39,41)/t30-,34+/m1/s1/i34D. The largest absolute Gasteiger partial charge is 0.377 e. The number of hydrogen-bond donors (Lipinski definition) is 2. The average Bonchev–Trinajstić information content (AvgIpc) is 3.78. The van der Waals surface area contributed by atoms with Gasteiger partial charge in [0.25, 0.3) is 0 Å². The van der Waals surface area contributed by atoms with Gasteiger partial charge in [-0.25, -0.2) is 4.68 Å². The Labute approximate surface area is 261 Å². The molecule has 0 amide bonds. The molecule has 1 fully saturated rings. The second kappa shape index (κ2) is 12.4. The van der Waals surface area contributed by atoms with Crippen molar-refractivity contribution >= 4 is 33.9 Å². The third kappa shape index (κ3) is 5.77. The van der Waals surface area contributed by atoms with Gasteiger partial charge in [0.05, 0.1) is 65.2 Å². The third-order valence-electron chi connectivity index (χ3n) is 7.79. The molecule has 6 rings (SSSR count). The summed E-state index contributed by atoms with van der Waals surface area (Å²) in [6.45, 7) is 1.81. The van der Waals surface area contributed by atoms with Crippen molar-refractivity contribution in [2.75, 3.05) is 10.6 Å². The first-order chi connectivity index (χ1) is 21.9. The van der Waals surface area contributed by atoms with E-state index in [0.717, 1.165) is 18.4 Å². The summed E-state index contributed by atoms with van der Waals surface area (Å²) in [6.07, 6.45) is 6.11. The van der Waals surface area contributed by atoms with Crippen molar-refractivity contribution in [3.8, 4) is 18.2 Å². The maximum absolute atomic E-state index is 10.1. The predicted molar refractivity (Wildman–Crippen MR) is 169 cm³/mol. The van der Waals surface area contributed by atoms with Crippen LogP contribution in [0.15, 0.2) is 73.1 Å². The predicted octanol–water partition coefficient (Wildman–Crippen LogP) is 7.52. The first-order valence-corrected chi connectivity index (χ1v) is 14.7. The fourth-order valence-corrected chi connectivity index (χ4v) is 5.58. The average molecular weight is 599 g/mol. The Balaban J connectivity index is 1.49. The van der Waals surface area contributed by atoms with E-state index in [9.17, 15) is 17.2 Å². The maximum Gasteiger partial charge on any atom is 0.109 e. The van der Waals surface area contributed by atoms with E-state index in [1.54, 1.807) is 35.1 Å². The molecular weight excluding hydrogens is 570 g/mol. The molecule has 0 bridgehead atoms. The van der Waals surface area contributed by atoms with E-state index in [4.69, 9.17) is 11.6 Å². The first-order valence-electron chi connectivity index (χ1n) is 14.8. The molecule has 2 atom stereocenters. The van der Waals surface area contributed by atoms with Crippen molar-refractivity contribution in [1.82, 2.24) is 20.0 Å². The highest BCUT2D eigenvalue weighted by molar-refractivity contribution is 6.35. The Kier molecular flexibility index (Phi) is 7.74. The number of pyridine rings is 1. The Morgan fingerprint density at radius 3 is 2.57 bits per heavy atom. The minimum Gasteiger partial charge on any atom is -0.377 e. The molecule has 2 heterocycles.